The van der Waals surface area contributed by atoms with E-state index in [2.05, 4.69) is 0 Å². The monoisotopic (exact) mass is 514 g/mol. The molecule has 0 aliphatic carbocycles. The number of aryl methyl sites for hydroxylation is 1. The van der Waals surface area contributed by atoms with E-state index >= 15 is 0 Å². The summed E-state index contributed by atoms with van der Waals surface area (Å²) in [4.78, 5) is 0.148. The number of ether oxygens (including phenoxy) is 4. The maximum absolute atomic E-state index is 14.0. The predicted octanol–water partition coefficient (Wildman–Crippen LogP) is 4.15. The summed E-state index contributed by atoms with van der Waals surface area (Å²) in [6, 6.07) is 20.8. The van der Waals surface area contributed by atoms with Crippen LogP contribution >= 0.6 is 0 Å². The molecule has 0 saturated heterocycles. The van der Waals surface area contributed by atoms with Crippen LogP contribution in [0.3, 0.4) is 0 Å². The highest BCUT2D eigenvalue weighted by Crippen LogP contribution is 2.37. The Balaban J connectivity index is 2.09. The minimum Gasteiger partial charge on any atom is -0.494 e. The second kappa shape index (κ2) is 12.8. The van der Waals surface area contributed by atoms with E-state index in [1.807, 2.05) is 37.3 Å². The van der Waals surface area contributed by atoms with Crippen molar-refractivity contribution in [3.63, 3.8) is 0 Å². The second-order valence-corrected chi connectivity index (χ2v) is 10.2. The molecule has 194 valence electrons. The smallest absolute Gasteiger partial charge is 0.243 e. The number of nitrogens with two attached hydrogens (primary N) is 1. The van der Waals surface area contributed by atoms with Crippen LogP contribution in [0, 0.1) is 6.92 Å². The van der Waals surface area contributed by atoms with Gasteiger partial charge in [0.25, 0.3) is 0 Å². The van der Waals surface area contributed by atoms with Gasteiger partial charge >= 0.3 is 0 Å². The summed E-state index contributed by atoms with van der Waals surface area (Å²) in [6.07, 6.45) is -0.811. The molecule has 0 bridgehead atoms. The van der Waals surface area contributed by atoms with Crippen molar-refractivity contribution in [1.82, 2.24) is 4.31 Å². The van der Waals surface area contributed by atoms with Crippen LogP contribution in [0.1, 0.15) is 22.7 Å². The molecular weight excluding hydrogens is 480 g/mol. The highest BCUT2D eigenvalue weighted by atomic mass is 32.2. The Hall–Kier alpha value is -2.95. The van der Waals surface area contributed by atoms with Gasteiger partial charge in [-0.05, 0) is 30.7 Å². The van der Waals surface area contributed by atoms with Crippen LogP contribution in [0.2, 0.25) is 0 Å². The molecule has 0 saturated carbocycles. The minimum atomic E-state index is -4.02. The van der Waals surface area contributed by atoms with E-state index in [1.54, 1.807) is 42.5 Å². The molecule has 0 aromatic heterocycles. The number of methoxy groups -OCH3 is 3. The van der Waals surface area contributed by atoms with E-state index < -0.39 is 22.4 Å². The fourth-order valence-electron chi connectivity index (χ4n) is 3.89. The molecule has 3 aromatic carbocycles. The molecule has 0 radical (unpaired) electrons. The molecular formula is C27H34N2O6S. The SMILES string of the molecule is COc1c(N)cccc1C(COCc1ccccc1)N(CC(OC)OC)S(=O)(=O)c1ccc(C)cc1. The zero-order valence-corrected chi connectivity index (χ0v) is 21.9. The fourth-order valence-corrected chi connectivity index (χ4v) is 5.47. The summed E-state index contributed by atoms with van der Waals surface area (Å²) in [6.45, 7) is 2.16. The van der Waals surface area contributed by atoms with Crippen molar-refractivity contribution in [2.75, 3.05) is 40.2 Å². The van der Waals surface area contributed by atoms with Crippen LogP contribution < -0.4 is 10.5 Å². The van der Waals surface area contributed by atoms with Crippen LogP contribution in [-0.4, -0.2) is 53.5 Å². The highest BCUT2D eigenvalue weighted by molar-refractivity contribution is 7.89. The molecule has 0 fully saturated rings. The number of anilines is 1. The topological polar surface area (TPSA) is 100 Å². The number of benzene rings is 3. The van der Waals surface area contributed by atoms with Crippen LogP contribution in [0.25, 0.3) is 0 Å². The Kier molecular flexibility index (Phi) is 9.86. The lowest BCUT2D eigenvalue weighted by Crippen LogP contribution is -2.43. The van der Waals surface area contributed by atoms with Crippen LogP contribution in [0.15, 0.2) is 77.7 Å². The quantitative estimate of drug-likeness (QED) is 0.270. The summed E-state index contributed by atoms with van der Waals surface area (Å²) < 4.78 is 51.9. The van der Waals surface area contributed by atoms with Gasteiger partial charge < -0.3 is 24.7 Å². The predicted molar refractivity (Wildman–Crippen MR) is 139 cm³/mol. The molecule has 0 amide bonds. The molecule has 2 N–H and O–H groups in total. The van der Waals surface area contributed by atoms with Crippen LogP contribution in [-0.2, 0) is 30.8 Å². The summed E-state index contributed by atoms with van der Waals surface area (Å²) in [7, 11) is 0.417. The number of nitrogens with zero attached hydrogens (tertiary/aromatic N) is 1. The normalized spacial score (nSPS) is 12.7. The molecule has 3 rings (SSSR count). The van der Waals surface area contributed by atoms with Crippen molar-refractivity contribution in [2.24, 2.45) is 0 Å². The largest absolute Gasteiger partial charge is 0.494 e. The third-order valence-electron chi connectivity index (χ3n) is 5.86. The zero-order chi connectivity index (χ0) is 26.1. The van der Waals surface area contributed by atoms with Crippen molar-refractivity contribution >= 4 is 15.7 Å². The van der Waals surface area contributed by atoms with E-state index in [9.17, 15) is 8.42 Å². The molecule has 1 unspecified atom stereocenters. The lowest BCUT2D eigenvalue weighted by molar-refractivity contribution is -0.113. The second-order valence-electron chi connectivity index (χ2n) is 8.27. The maximum Gasteiger partial charge on any atom is 0.243 e. The lowest BCUT2D eigenvalue weighted by atomic mass is 10.0. The van der Waals surface area contributed by atoms with Gasteiger partial charge in [-0.25, -0.2) is 8.42 Å². The molecule has 1 atom stereocenters. The van der Waals surface area contributed by atoms with Gasteiger partial charge in [-0.2, -0.15) is 4.31 Å². The van der Waals surface area contributed by atoms with Crippen molar-refractivity contribution in [1.29, 1.82) is 0 Å². The Morgan fingerprint density at radius 3 is 2.17 bits per heavy atom. The standard InChI is InChI=1S/C27H34N2O6S/c1-20-13-15-22(16-14-20)36(30,31)29(17-26(32-2)33-3)25(19-35-18-21-9-6-5-7-10-21)23-11-8-12-24(28)27(23)34-4/h5-16,25-26H,17-19,28H2,1-4H3. The Bertz CT molecular complexity index is 1200. The first-order valence-electron chi connectivity index (χ1n) is 11.5. The number of rotatable bonds is 13. The molecule has 0 heterocycles. The molecule has 0 spiro atoms. The number of hydrogen-bond donors (Lipinski definition) is 1. The number of para-hydroxylation sites is 1. The van der Waals surface area contributed by atoms with Gasteiger partial charge in [0.1, 0.15) is 5.75 Å². The van der Waals surface area contributed by atoms with E-state index in [1.165, 1.54) is 25.6 Å². The minimum absolute atomic E-state index is 0.0416. The van der Waals surface area contributed by atoms with E-state index in [0.717, 1.165) is 11.1 Å². The molecule has 0 aliphatic heterocycles. The van der Waals surface area contributed by atoms with Gasteiger partial charge in [0, 0.05) is 19.8 Å². The van der Waals surface area contributed by atoms with E-state index in [4.69, 9.17) is 24.7 Å². The van der Waals surface area contributed by atoms with Crippen LogP contribution in [0.5, 0.6) is 5.75 Å². The first-order chi connectivity index (χ1) is 17.3. The molecule has 8 nitrogen and oxygen atoms in total. The molecule has 3 aromatic rings. The number of nitrogen functional groups attached to an aromatic ring is 1. The number of sulfonamides is 1. The van der Waals surface area contributed by atoms with Gasteiger partial charge in [0.2, 0.25) is 10.0 Å². The lowest BCUT2D eigenvalue weighted by Gasteiger charge is -2.34. The summed E-state index contributed by atoms with van der Waals surface area (Å²) in [5.41, 5.74) is 9.09. The molecule has 36 heavy (non-hydrogen) atoms. The van der Waals surface area contributed by atoms with Gasteiger partial charge in [-0.1, -0.05) is 60.2 Å². The summed E-state index contributed by atoms with van der Waals surface area (Å²) in [5, 5.41) is 0. The summed E-state index contributed by atoms with van der Waals surface area (Å²) >= 11 is 0. The van der Waals surface area contributed by atoms with Crippen molar-refractivity contribution in [3.8, 4) is 5.75 Å². The van der Waals surface area contributed by atoms with Gasteiger partial charge in [-0.3, -0.25) is 0 Å². The average molecular weight is 515 g/mol. The highest BCUT2D eigenvalue weighted by Gasteiger charge is 2.36. The maximum atomic E-state index is 14.0. The van der Waals surface area contributed by atoms with E-state index in [0.29, 0.717) is 23.6 Å². The van der Waals surface area contributed by atoms with Gasteiger partial charge in [0.15, 0.2) is 6.29 Å². The first kappa shape index (κ1) is 27.6. The Morgan fingerprint density at radius 1 is 0.889 bits per heavy atom. The fraction of sp³-hybridized carbons (Fsp3) is 0.333. The Labute approximate surface area is 213 Å². The van der Waals surface area contributed by atoms with Crippen molar-refractivity contribution in [3.05, 3.63) is 89.5 Å². The van der Waals surface area contributed by atoms with E-state index in [-0.39, 0.29) is 18.0 Å². The number of hydrogen-bond acceptors (Lipinski definition) is 7. The van der Waals surface area contributed by atoms with Gasteiger partial charge in [0.05, 0.1) is 43.5 Å². The van der Waals surface area contributed by atoms with Crippen molar-refractivity contribution in [2.45, 2.75) is 30.8 Å². The third-order valence-corrected chi connectivity index (χ3v) is 7.75. The Morgan fingerprint density at radius 2 is 1.56 bits per heavy atom. The van der Waals surface area contributed by atoms with Gasteiger partial charge in [-0.15, -0.1) is 0 Å². The van der Waals surface area contributed by atoms with Crippen molar-refractivity contribution < 1.29 is 27.4 Å². The summed E-state index contributed by atoms with van der Waals surface area (Å²) in [5.74, 6) is 0.390. The molecule has 0 aliphatic rings. The molecule has 9 heteroatoms. The third kappa shape index (κ3) is 6.63. The van der Waals surface area contributed by atoms with Crippen LogP contribution in [0.4, 0.5) is 5.69 Å². The zero-order valence-electron chi connectivity index (χ0n) is 21.1. The first-order valence-corrected chi connectivity index (χ1v) is 12.9. The average Bonchev–Trinajstić information content (AvgIpc) is 2.88.